The number of piperazine rings is 1. The normalized spacial score (nSPS) is 18.0. The Hall–Kier alpha value is -2.57. The average Bonchev–Trinajstić information content (AvgIpc) is 3.06. The van der Waals surface area contributed by atoms with Gasteiger partial charge in [-0.3, -0.25) is 9.69 Å². The minimum atomic E-state index is -0.225. The standard InChI is InChI=1S/C27H38ClN3O.C6H13NO/c1-6-8-10-20-11-12-21-19-22(28)13-14-24(21)25(23(20)9-7-2)30-15-17-31(18-16-30)26(32)29-27(3,4)5;1-3-5-7(4-2)6-8/h6,8,10,13-14,19,25H,1,7,9,11-12,15-18H2,2-5H3,(H,29,32);6H,3-5H2,1-2H3/b10-8-;. The molecular weight excluding hydrogens is 520 g/mol. The highest BCUT2D eigenvalue weighted by atomic mass is 35.5. The Kier molecular flexibility index (Phi) is 14.0. The average molecular weight is 571 g/mol. The Bertz CT molecular complexity index is 1040. The Morgan fingerprint density at radius 2 is 1.82 bits per heavy atom. The van der Waals surface area contributed by atoms with Gasteiger partial charge in [0.2, 0.25) is 6.41 Å². The first-order valence-electron chi connectivity index (χ1n) is 14.9. The van der Waals surface area contributed by atoms with Crippen LogP contribution in [-0.2, 0) is 11.2 Å². The fourth-order valence-corrected chi connectivity index (χ4v) is 5.56. The van der Waals surface area contributed by atoms with Gasteiger partial charge in [-0.05, 0) is 87.8 Å². The number of allylic oxidation sites excluding steroid dienone is 4. The van der Waals surface area contributed by atoms with Crippen molar-refractivity contribution in [3.8, 4) is 0 Å². The molecule has 3 amide bonds. The number of carbonyl (C=O) groups excluding carboxylic acids is 2. The summed E-state index contributed by atoms with van der Waals surface area (Å²) in [6.45, 7) is 21.1. The van der Waals surface area contributed by atoms with E-state index in [1.807, 2.05) is 44.7 Å². The summed E-state index contributed by atoms with van der Waals surface area (Å²) in [6.07, 6.45) is 12.3. The highest BCUT2D eigenvalue weighted by Gasteiger charge is 2.33. The van der Waals surface area contributed by atoms with Crippen molar-refractivity contribution in [1.82, 2.24) is 20.0 Å². The maximum Gasteiger partial charge on any atom is 0.317 e. The number of nitrogens with zero attached hydrogens (tertiary/aromatic N) is 3. The van der Waals surface area contributed by atoms with Crippen molar-refractivity contribution in [2.45, 2.75) is 85.2 Å². The number of nitrogens with one attached hydrogen (secondary N) is 1. The van der Waals surface area contributed by atoms with Gasteiger partial charge in [-0.15, -0.1) is 0 Å². The molecule has 7 heteroatoms. The van der Waals surface area contributed by atoms with E-state index in [1.54, 1.807) is 4.90 Å². The fraction of sp³-hybridized carbons (Fsp3) is 0.576. The fourth-order valence-electron chi connectivity index (χ4n) is 5.36. The quantitative estimate of drug-likeness (QED) is 0.253. The van der Waals surface area contributed by atoms with E-state index < -0.39 is 0 Å². The van der Waals surface area contributed by atoms with Crippen LogP contribution in [0.25, 0.3) is 0 Å². The molecule has 1 fully saturated rings. The molecule has 0 radical (unpaired) electrons. The summed E-state index contributed by atoms with van der Waals surface area (Å²) < 4.78 is 0. The molecule has 0 saturated carbocycles. The Morgan fingerprint density at radius 3 is 2.35 bits per heavy atom. The third-order valence-corrected chi connectivity index (χ3v) is 7.51. The molecule has 40 heavy (non-hydrogen) atoms. The molecule has 1 saturated heterocycles. The number of carbonyl (C=O) groups is 2. The smallest absolute Gasteiger partial charge is 0.317 e. The predicted octanol–water partition coefficient (Wildman–Crippen LogP) is 7.17. The van der Waals surface area contributed by atoms with Crippen molar-refractivity contribution in [3.05, 3.63) is 70.3 Å². The van der Waals surface area contributed by atoms with Crippen molar-refractivity contribution in [3.63, 3.8) is 0 Å². The van der Waals surface area contributed by atoms with Crippen LogP contribution in [0.3, 0.4) is 0 Å². The summed E-state index contributed by atoms with van der Waals surface area (Å²) in [4.78, 5) is 29.0. The Balaban J connectivity index is 0.000000611. The lowest BCUT2D eigenvalue weighted by Crippen LogP contribution is -2.55. The summed E-state index contributed by atoms with van der Waals surface area (Å²) in [5.41, 5.74) is 5.40. The van der Waals surface area contributed by atoms with Gasteiger partial charge in [-0.2, -0.15) is 0 Å². The van der Waals surface area contributed by atoms with Gasteiger partial charge >= 0.3 is 6.03 Å². The zero-order valence-corrected chi connectivity index (χ0v) is 26.4. The molecule has 0 bridgehead atoms. The third-order valence-electron chi connectivity index (χ3n) is 7.27. The molecule has 1 aliphatic carbocycles. The van der Waals surface area contributed by atoms with Crippen LogP contribution in [0.15, 0.2) is 54.2 Å². The second-order valence-corrected chi connectivity index (χ2v) is 12.0. The molecular formula is C33H51ClN4O2. The number of hydrogen-bond donors (Lipinski definition) is 1. The number of hydrogen-bond acceptors (Lipinski definition) is 3. The van der Waals surface area contributed by atoms with Gasteiger partial charge in [0.1, 0.15) is 0 Å². The molecule has 2 aliphatic rings. The van der Waals surface area contributed by atoms with Crippen LogP contribution in [0.1, 0.15) is 84.4 Å². The van der Waals surface area contributed by atoms with Crippen LogP contribution in [0.2, 0.25) is 5.02 Å². The number of halogens is 1. The highest BCUT2D eigenvalue weighted by molar-refractivity contribution is 6.30. The van der Waals surface area contributed by atoms with E-state index in [2.05, 4.69) is 54.9 Å². The second kappa shape index (κ2) is 16.6. The van der Waals surface area contributed by atoms with E-state index in [0.717, 1.165) is 82.8 Å². The van der Waals surface area contributed by atoms with E-state index >= 15 is 0 Å². The first-order chi connectivity index (χ1) is 19.1. The molecule has 1 atom stereocenters. The molecule has 1 aromatic rings. The lowest BCUT2D eigenvalue weighted by atomic mass is 9.89. The molecule has 1 aromatic carbocycles. The van der Waals surface area contributed by atoms with Crippen LogP contribution in [0.4, 0.5) is 4.79 Å². The number of amides is 3. The molecule has 3 rings (SSSR count). The third kappa shape index (κ3) is 10.1. The monoisotopic (exact) mass is 570 g/mol. The van der Waals surface area contributed by atoms with Crippen molar-refractivity contribution >= 4 is 24.0 Å². The minimum Gasteiger partial charge on any atom is -0.346 e. The summed E-state index contributed by atoms with van der Waals surface area (Å²) >= 11 is 6.38. The predicted molar refractivity (Wildman–Crippen MR) is 169 cm³/mol. The second-order valence-electron chi connectivity index (χ2n) is 11.6. The Morgan fingerprint density at radius 1 is 1.12 bits per heavy atom. The van der Waals surface area contributed by atoms with E-state index in [9.17, 15) is 9.59 Å². The lowest BCUT2D eigenvalue weighted by Gasteiger charge is -2.41. The summed E-state index contributed by atoms with van der Waals surface area (Å²) in [5, 5.41) is 3.90. The summed E-state index contributed by atoms with van der Waals surface area (Å²) in [7, 11) is 0. The first kappa shape index (κ1) is 33.6. The number of aryl methyl sites for hydroxylation is 1. The number of urea groups is 1. The van der Waals surface area contributed by atoms with Gasteiger partial charge in [-0.25, -0.2) is 4.79 Å². The minimum absolute atomic E-state index is 0.0316. The van der Waals surface area contributed by atoms with Gasteiger partial charge in [0.25, 0.3) is 0 Å². The molecule has 6 nitrogen and oxygen atoms in total. The first-order valence-corrected chi connectivity index (χ1v) is 15.3. The zero-order chi connectivity index (χ0) is 29.7. The van der Waals surface area contributed by atoms with Crippen LogP contribution in [-0.4, -0.2) is 71.9 Å². The number of fused-ring (bicyclic) bond motifs is 1. The largest absolute Gasteiger partial charge is 0.346 e. The molecule has 0 aromatic heterocycles. The maximum atomic E-state index is 12.7. The highest BCUT2D eigenvalue weighted by Crippen LogP contribution is 2.41. The van der Waals surface area contributed by atoms with Crippen LogP contribution in [0, 0.1) is 0 Å². The van der Waals surface area contributed by atoms with E-state index in [1.165, 1.54) is 22.3 Å². The zero-order valence-electron chi connectivity index (χ0n) is 25.6. The SMILES string of the molecule is C=C/C=C\C1=C(CCC)C(N2CCN(C(=O)NC(C)(C)C)CC2)c2ccc(Cl)cc2CC1.CCCN(C=O)CC. The number of rotatable bonds is 9. The molecule has 1 N–H and O–H groups in total. The van der Waals surface area contributed by atoms with E-state index in [0.29, 0.717) is 0 Å². The molecule has 1 heterocycles. The van der Waals surface area contributed by atoms with Crippen LogP contribution in [0.5, 0.6) is 0 Å². The van der Waals surface area contributed by atoms with Crippen molar-refractivity contribution in [1.29, 1.82) is 0 Å². The van der Waals surface area contributed by atoms with Crippen LogP contribution >= 0.6 is 11.6 Å². The molecule has 222 valence electrons. The van der Waals surface area contributed by atoms with E-state index in [4.69, 9.17) is 11.6 Å². The molecule has 1 unspecified atom stereocenters. The van der Waals surface area contributed by atoms with Gasteiger partial charge in [0.05, 0.1) is 6.04 Å². The van der Waals surface area contributed by atoms with Gasteiger partial charge in [0, 0.05) is 49.8 Å². The molecule has 1 aliphatic heterocycles. The molecule has 0 spiro atoms. The van der Waals surface area contributed by atoms with Crippen molar-refractivity contribution < 1.29 is 9.59 Å². The van der Waals surface area contributed by atoms with Gasteiger partial charge in [0.15, 0.2) is 0 Å². The van der Waals surface area contributed by atoms with Crippen molar-refractivity contribution in [2.24, 2.45) is 0 Å². The number of benzene rings is 1. The van der Waals surface area contributed by atoms with Crippen molar-refractivity contribution in [2.75, 3.05) is 39.3 Å². The maximum absolute atomic E-state index is 12.7. The topological polar surface area (TPSA) is 55.9 Å². The van der Waals surface area contributed by atoms with Gasteiger partial charge in [-0.1, -0.05) is 62.7 Å². The summed E-state index contributed by atoms with van der Waals surface area (Å²) in [5.74, 6) is 0. The summed E-state index contributed by atoms with van der Waals surface area (Å²) in [6, 6.07) is 6.64. The lowest BCUT2D eigenvalue weighted by molar-refractivity contribution is -0.118. The van der Waals surface area contributed by atoms with Gasteiger partial charge < -0.3 is 15.1 Å². The van der Waals surface area contributed by atoms with E-state index in [-0.39, 0.29) is 17.6 Å². The van der Waals surface area contributed by atoms with Crippen LogP contribution < -0.4 is 5.32 Å². The Labute approximate surface area is 248 Å².